The lowest BCUT2D eigenvalue weighted by molar-refractivity contribution is 0.202. The standard InChI is InChI=1S/C17H25FN2/c1-12(19)15-7-4-8-16(18)17(15)20-10-9-13-5-2-3-6-14(13)11-20/h4,7-8,12-14H,2-3,5-6,9-11,19H2,1H3/t12-,13?,14?/m1/s1. The molecule has 2 nitrogen and oxygen atoms in total. The maximum absolute atomic E-state index is 14.3. The van der Waals surface area contributed by atoms with Crippen molar-refractivity contribution in [2.75, 3.05) is 18.0 Å². The fourth-order valence-corrected chi connectivity index (χ4v) is 4.04. The van der Waals surface area contributed by atoms with Crippen molar-refractivity contribution in [2.24, 2.45) is 17.6 Å². The highest BCUT2D eigenvalue weighted by atomic mass is 19.1. The van der Waals surface area contributed by atoms with Crippen LogP contribution in [0.4, 0.5) is 10.1 Å². The topological polar surface area (TPSA) is 29.3 Å². The summed E-state index contributed by atoms with van der Waals surface area (Å²) in [5.41, 5.74) is 7.73. The highest BCUT2D eigenvalue weighted by molar-refractivity contribution is 5.56. The van der Waals surface area contributed by atoms with E-state index in [0.717, 1.165) is 36.2 Å². The second-order valence-electron chi connectivity index (χ2n) is 6.51. The van der Waals surface area contributed by atoms with Gasteiger partial charge in [-0.1, -0.05) is 31.4 Å². The van der Waals surface area contributed by atoms with Gasteiger partial charge in [-0.25, -0.2) is 4.39 Å². The second kappa shape index (κ2) is 5.72. The lowest BCUT2D eigenvalue weighted by atomic mass is 9.75. The first kappa shape index (κ1) is 13.9. The first-order valence-electron chi connectivity index (χ1n) is 7.95. The molecule has 2 unspecified atom stereocenters. The maximum Gasteiger partial charge on any atom is 0.146 e. The van der Waals surface area contributed by atoms with E-state index in [9.17, 15) is 4.39 Å². The third-order valence-corrected chi connectivity index (χ3v) is 5.12. The number of halogens is 1. The van der Waals surface area contributed by atoms with Crippen LogP contribution in [0.3, 0.4) is 0 Å². The van der Waals surface area contributed by atoms with Gasteiger partial charge >= 0.3 is 0 Å². The predicted molar refractivity (Wildman–Crippen MR) is 81.3 cm³/mol. The largest absolute Gasteiger partial charge is 0.369 e. The molecule has 20 heavy (non-hydrogen) atoms. The van der Waals surface area contributed by atoms with Gasteiger partial charge < -0.3 is 10.6 Å². The summed E-state index contributed by atoms with van der Waals surface area (Å²) in [6, 6.07) is 5.18. The van der Waals surface area contributed by atoms with E-state index < -0.39 is 0 Å². The van der Waals surface area contributed by atoms with E-state index >= 15 is 0 Å². The van der Waals surface area contributed by atoms with Gasteiger partial charge in [0.1, 0.15) is 5.82 Å². The maximum atomic E-state index is 14.3. The lowest BCUT2D eigenvalue weighted by Gasteiger charge is -2.43. The number of fused-ring (bicyclic) bond motifs is 1. The number of piperidine rings is 1. The molecule has 2 aliphatic rings. The zero-order valence-corrected chi connectivity index (χ0v) is 12.3. The highest BCUT2D eigenvalue weighted by Crippen LogP contribution is 2.39. The summed E-state index contributed by atoms with van der Waals surface area (Å²) in [6.45, 7) is 3.92. The molecule has 3 rings (SSSR count). The molecular formula is C17H25FN2. The van der Waals surface area contributed by atoms with Crippen LogP contribution in [0.25, 0.3) is 0 Å². The molecule has 1 heterocycles. The quantitative estimate of drug-likeness (QED) is 0.888. The van der Waals surface area contributed by atoms with Gasteiger partial charge in [-0.2, -0.15) is 0 Å². The minimum absolute atomic E-state index is 0.117. The van der Waals surface area contributed by atoms with Crippen LogP contribution in [-0.4, -0.2) is 13.1 Å². The number of rotatable bonds is 2. The van der Waals surface area contributed by atoms with Crippen LogP contribution in [0.1, 0.15) is 50.6 Å². The van der Waals surface area contributed by atoms with Crippen LogP contribution in [0.5, 0.6) is 0 Å². The zero-order valence-electron chi connectivity index (χ0n) is 12.3. The van der Waals surface area contributed by atoms with Crippen LogP contribution in [0, 0.1) is 17.7 Å². The van der Waals surface area contributed by atoms with Crippen molar-refractivity contribution >= 4 is 5.69 Å². The Bertz CT molecular complexity index is 472. The monoisotopic (exact) mass is 276 g/mol. The normalized spacial score (nSPS) is 28.1. The van der Waals surface area contributed by atoms with E-state index in [0.29, 0.717) is 0 Å². The molecule has 1 saturated heterocycles. The molecular weight excluding hydrogens is 251 g/mol. The average molecular weight is 276 g/mol. The van der Waals surface area contributed by atoms with Crippen LogP contribution in [-0.2, 0) is 0 Å². The first-order valence-corrected chi connectivity index (χ1v) is 7.95. The average Bonchev–Trinajstić information content (AvgIpc) is 2.46. The second-order valence-corrected chi connectivity index (χ2v) is 6.51. The van der Waals surface area contributed by atoms with E-state index in [2.05, 4.69) is 4.90 Å². The van der Waals surface area contributed by atoms with Crippen molar-refractivity contribution in [1.82, 2.24) is 0 Å². The highest BCUT2D eigenvalue weighted by Gasteiger charge is 2.32. The molecule has 2 fully saturated rings. The molecule has 1 aromatic carbocycles. The molecule has 0 radical (unpaired) electrons. The molecule has 0 spiro atoms. The Balaban J connectivity index is 1.86. The fourth-order valence-electron chi connectivity index (χ4n) is 4.04. The van der Waals surface area contributed by atoms with E-state index in [1.54, 1.807) is 12.1 Å². The summed E-state index contributed by atoms with van der Waals surface area (Å²) >= 11 is 0. The number of benzene rings is 1. The Kier molecular flexibility index (Phi) is 3.97. The predicted octanol–water partition coefficient (Wildman–Crippen LogP) is 3.86. The van der Waals surface area contributed by atoms with Gasteiger partial charge in [0.2, 0.25) is 0 Å². The Morgan fingerprint density at radius 3 is 2.70 bits per heavy atom. The molecule has 3 heteroatoms. The van der Waals surface area contributed by atoms with E-state index in [1.165, 1.54) is 32.1 Å². The Morgan fingerprint density at radius 1 is 1.20 bits per heavy atom. The minimum atomic E-state index is -0.121. The first-order chi connectivity index (χ1) is 9.66. The summed E-state index contributed by atoms with van der Waals surface area (Å²) in [6.07, 6.45) is 6.61. The molecule has 1 aliphatic heterocycles. The molecule has 0 aromatic heterocycles. The Hall–Kier alpha value is -1.09. The van der Waals surface area contributed by atoms with E-state index in [1.807, 2.05) is 13.0 Å². The number of nitrogens with zero attached hydrogens (tertiary/aromatic N) is 1. The van der Waals surface area contributed by atoms with Crippen molar-refractivity contribution in [3.8, 4) is 0 Å². The molecule has 1 aliphatic carbocycles. The summed E-state index contributed by atoms with van der Waals surface area (Å²) in [4.78, 5) is 2.25. The van der Waals surface area contributed by atoms with Gasteiger partial charge in [-0.3, -0.25) is 0 Å². The van der Waals surface area contributed by atoms with Gasteiger partial charge in [0.25, 0.3) is 0 Å². The molecule has 2 N–H and O–H groups in total. The molecule has 1 aromatic rings. The van der Waals surface area contributed by atoms with Gasteiger partial charge in [-0.05, 0) is 43.2 Å². The number of para-hydroxylation sites is 1. The zero-order chi connectivity index (χ0) is 14.1. The molecule has 0 amide bonds. The van der Waals surface area contributed by atoms with Crippen molar-refractivity contribution in [1.29, 1.82) is 0 Å². The smallest absolute Gasteiger partial charge is 0.146 e. The van der Waals surface area contributed by atoms with Gasteiger partial charge in [0.15, 0.2) is 0 Å². The van der Waals surface area contributed by atoms with Crippen molar-refractivity contribution in [3.63, 3.8) is 0 Å². The SMILES string of the molecule is C[C@@H](N)c1cccc(F)c1N1CCC2CCCCC2C1. The summed E-state index contributed by atoms with van der Waals surface area (Å²) in [5, 5.41) is 0. The van der Waals surface area contributed by atoms with Crippen molar-refractivity contribution in [2.45, 2.75) is 45.1 Å². The Morgan fingerprint density at radius 2 is 1.95 bits per heavy atom. The van der Waals surface area contributed by atoms with Crippen LogP contribution >= 0.6 is 0 Å². The van der Waals surface area contributed by atoms with Crippen molar-refractivity contribution < 1.29 is 4.39 Å². The van der Waals surface area contributed by atoms with Crippen molar-refractivity contribution in [3.05, 3.63) is 29.6 Å². The molecule has 1 saturated carbocycles. The third-order valence-electron chi connectivity index (χ3n) is 5.12. The summed E-state index contributed by atoms with van der Waals surface area (Å²) in [5.74, 6) is 1.50. The number of hydrogen-bond donors (Lipinski definition) is 1. The fraction of sp³-hybridized carbons (Fsp3) is 0.647. The van der Waals surface area contributed by atoms with Gasteiger partial charge in [0.05, 0.1) is 5.69 Å². The summed E-state index contributed by atoms with van der Waals surface area (Å²) < 4.78 is 14.3. The molecule has 0 bridgehead atoms. The molecule has 110 valence electrons. The van der Waals surface area contributed by atoms with Crippen LogP contribution < -0.4 is 10.6 Å². The lowest BCUT2D eigenvalue weighted by Crippen LogP contribution is -2.42. The number of anilines is 1. The number of nitrogens with two attached hydrogens (primary N) is 1. The van der Waals surface area contributed by atoms with Gasteiger partial charge in [0, 0.05) is 19.1 Å². The molecule has 3 atom stereocenters. The number of hydrogen-bond acceptors (Lipinski definition) is 2. The van der Waals surface area contributed by atoms with Gasteiger partial charge in [-0.15, -0.1) is 0 Å². The van der Waals surface area contributed by atoms with E-state index in [4.69, 9.17) is 5.73 Å². The van der Waals surface area contributed by atoms with Crippen LogP contribution in [0.15, 0.2) is 18.2 Å². The van der Waals surface area contributed by atoms with Crippen LogP contribution in [0.2, 0.25) is 0 Å². The Labute approximate surface area is 121 Å². The third kappa shape index (κ3) is 2.56. The minimum Gasteiger partial charge on any atom is -0.369 e. The van der Waals surface area contributed by atoms with E-state index in [-0.39, 0.29) is 11.9 Å². The summed E-state index contributed by atoms with van der Waals surface area (Å²) in [7, 11) is 0.